The summed E-state index contributed by atoms with van der Waals surface area (Å²) in [6.45, 7) is 0.878. The van der Waals surface area contributed by atoms with Crippen LogP contribution >= 0.6 is 11.6 Å². The summed E-state index contributed by atoms with van der Waals surface area (Å²) >= 11 is 5.93. The van der Waals surface area contributed by atoms with Crippen LogP contribution in [0.5, 0.6) is 0 Å². The Kier molecular flexibility index (Phi) is 6.46. The van der Waals surface area contributed by atoms with Gasteiger partial charge in [-0.2, -0.15) is 0 Å². The molecule has 0 spiro atoms. The second-order valence-corrected chi connectivity index (χ2v) is 6.18. The smallest absolute Gasteiger partial charge is 0.314 e. The summed E-state index contributed by atoms with van der Waals surface area (Å²) in [6.07, 6.45) is 3.73. The lowest BCUT2D eigenvalue weighted by Crippen LogP contribution is -2.40. The van der Waals surface area contributed by atoms with E-state index in [4.69, 9.17) is 11.6 Å². The van der Waals surface area contributed by atoms with Crippen molar-refractivity contribution in [2.45, 2.75) is 38.2 Å². The Bertz CT molecular complexity index is 493. The van der Waals surface area contributed by atoms with Crippen molar-refractivity contribution in [1.29, 1.82) is 0 Å². The molecule has 122 valence electrons. The highest BCUT2D eigenvalue weighted by Gasteiger charge is 2.20. The van der Waals surface area contributed by atoms with Gasteiger partial charge in [-0.1, -0.05) is 24.1 Å². The van der Waals surface area contributed by atoms with Crippen molar-refractivity contribution in [2.24, 2.45) is 5.92 Å². The summed E-state index contributed by atoms with van der Waals surface area (Å²) in [7, 11) is 0. The fourth-order valence-electron chi connectivity index (χ4n) is 2.82. The highest BCUT2D eigenvalue weighted by atomic mass is 35.5. The lowest BCUT2D eigenvalue weighted by atomic mass is 9.87. The molecule has 2 amide bonds. The van der Waals surface area contributed by atoms with E-state index in [0.29, 0.717) is 36.0 Å². The zero-order valence-corrected chi connectivity index (χ0v) is 13.2. The average Bonchev–Trinajstić information content (AvgIpc) is 2.48. The van der Waals surface area contributed by atoms with E-state index < -0.39 is 0 Å². The van der Waals surface area contributed by atoms with E-state index in [2.05, 4.69) is 10.6 Å². The molecule has 2 atom stereocenters. The van der Waals surface area contributed by atoms with Crippen molar-refractivity contribution in [3.8, 4) is 0 Å². The van der Waals surface area contributed by atoms with Gasteiger partial charge in [-0.05, 0) is 43.7 Å². The molecule has 1 saturated carbocycles. The molecule has 3 N–H and O–H groups in total. The predicted molar refractivity (Wildman–Crippen MR) is 84.5 cm³/mol. The summed E-state index contributed by atoms with van der Waals surface area (Å²) in [5, 5.41) is 15.5. The van der Waals surface area contributed by atoms with Crippen molar-refractivity contribution in [3.63, 3.8) is 0 Å². The van der Waals surface area contributed by atoms with Crippen LogP contribution in [-0.4, -0.2) is 30.3 Å². The number of nitrogens with one attached hydrogen (secondary N) is 2. The van der Waals surface area contributed by atoms with Gasteiger partial charge in [0.25, 0.3) is 0 Å². The van der Waals surface area contributed by atoms with E-state index in [1.807, 2.05) is 0 Å². The normalized spacial score (nSPS) is 21.4. The molecule has 1 fully saturated rings. The second-order valence-electron chi connectivity index (χ2n) is 5.77. The van der Waals surface area contributed by atoms with Crippen LogP contribution in [0.2, 0.25) is 5.02 Å². The second kappa shape index (κ2) is 8.34. The Balaban J connectivity index is 1.67. The Morgan fingerprint density at radius 3 is 2.91 bits per heavy atom. The molecule has 0 radical (unpaired) electrons. The molecular weight excluding hydrogens is 307 g/mol. The maximum atomic E-state index is 13.6. The number of benzene rings is 1. The minimum absolute atomic E-state index is 0.244. The predicted octanol–water partition coefficient (Wildman–Crippen LogP) is 2.87. The molecule has 0 saturated heterocycles. The van der Waals surface area contributed by atoms with Gasteiger partial charge >= 0.3 is 6.03 Å². The van der Waals surface area contributed by atoms with Crippen molar-refractivity contribution >= 4 is 17.6 Å². The van der Waals surface area contributed by atoms with Gasteiger partial charge in [-0.15, -0.1) is 0 Å². The molecule has 1 aliphatic carbocycles. The van der Waals surface area contributed by atoms with Gasteiger partial charge in [0.1, 0.15) is 5.82 Å². The van der Waals surface area contributed by atoms with Crippen LogP contribution in [0.3, 0.4) is 0 Å². The van der Waals surface area contributed by atoms with Crippen molar-refractivity contribution < 1.29 is 14.3 Å². The van der Waals surface area contributed by atoms with Gasteiger partial charge in [-0.3, -0.25) is 0 Å². The molecule has 0 heterocycles. The molecule has 0 bridgehead atoms. The molecule has 22 heavy (non-hydrogen) atoms. The lowest BCUT2D eigenvalue weighted by molar-refractivity contribution is 0.101. The number of amides is 2. The van der Waals surface area contributed by atoms with E-state index in [0.717, 1.165) is 25.7 Å². The van der Waals surface area contributed by atoms with E-state index >= 15 is 0 Å². The van der Waals surface area contributed by atoms with Gasteiger partial charge in [0, 0.05) is 23.7 Å². The molecule has 1 aromatic rings. The SMILES string of the molecule is O=C(NCCc1c(F)cccc1Cl)NC[C@H]1CCC[C@H](O)C1. The standard InChI is InChI=1S/C16H22ClFN2O2/c17-14-5-2-6-15(18)13(14)7-8-19-16(22)20-10-11-3-1-4-12(21)9-11/h2,5-6,11-12,21H,1,3-4,7-10H2,(H2,19,20,22)/t11-,12-/m0/s1. The van der Waals surface area contributed by atoms with Crippen LogP contribution < -0.4 is 10.6 Å². The first-order chi connectivity index (χ1) is 10.6. The number of rotatable bonds is 5. The summed E-state index contributed by atoms with van der Waals surface area (Å²) in [5.74, 6) is -0.0265. The third-order valence-corrected chi connectivity index (χ3v) is 4.38. The van der Waals surface area contributed by atoms with Crippen molar-refractivity contribution in [1.82, 2.24) is 10.6 Å². The molecule has 0 aromatic heterocycles. The molecule has 1 aromatic carbocycles. The molecule has 2 rings (SSSR count). The molecular formula is C16H22ClFN2O2. The van der Waals surface area contributed by atoms with Gasteiger partial charge in [-0.25, -0.2) is 9.18 Å². The summed E-state index contributed by atoms with van der Waals surface area (Å²) < 4.78 is 13.6. The van der Waals surface area contributed by atoms with Crippen LogP contribution in [0.4, 0.5) is 9.18 Å². The van der Waals surface area contributed by atoms with Crippen LogP contribution in [0.15, 0.2) is 18.2 Å². The summed E-state index contributed by atoms with van der Waals surface area (Å²) in [6, 6.07) is 4.27. The summed E-state index contributed by atoms with van der Waals surface area (Å²) in [4.78, 5) is 11.7. The average molecular weight is 329 g/mol. The molecule has 6 heteroatoms. The number of halogens is 2. The fourth-order valence-corrected chi connectivity index (χ4v) is 3.08. The molecule has 1 aliphatic rings. The first-order valence-corrected chi connectivity index (χ1v) is 8.06. The zero-order chi connectivity index (χ0) is 15.9. The Hall–Kier alpha value is -1.33. The Morgan fingerprint density at radius 1 is 1.36 bits per heavy atom. The summed E-state index contributed by atoms with van der Waals surface area (Å²) in [5.41, 5.74) is 0.417. The van der Waals surface area contributed by atoms with Crippen LogP contribution in [-0.2, 0) is 6.42 Å². The topological polar surface area (TPSA) is 61.4 Å². The van der Waals surface area contributed by atoms with Gasteiger partial charge in [0.05, 0.1) is 6.10 Å². The Labute approximate surface area is 135 Å². The Morgan fingerprint density at radius 2 is 2.18 bits per heavy atom. The number of aliphatic hydroxyl groups is 1. The number of carbonyl (C=O) groups is 1. The quantitative estimate of drug-likeness (QED) is 0.778. The first kappa shape index (κ1) is 17.0. The van der Waals surface area contributed by atoms with E-state index in [9.17, 15) is 14.3 Å². The minimum Gasteiger partial charge on any atom is -0.393 e. The van der Waals surface area contributed by atoms with Gasteiger partial charge in [0.15, 0.2) is 0 Å². The van der Waals surface area contributed by atoms with E-state index in [1.54, 1.807) is 12.1 Å². The highest BCUT2D eigenvalue weighted by Crippen LogP contribution is 2.23. The van der Waals surface area contributed by atoms with Gasteiger partial charge in [0.2, 0.25) is 0 Å². The lowest BCUT2D eigenvalue weighted by Gasteiger charge is -2.25. The first-order valence-electron chi connectivity index (χ1n) is 7.69. The third-order valence-electron chi connectivity index (χ3n) is 4.03. The van der Waals surface area contributed by atoms with Crippen LogP contribution in [0, 0.1) is 11.7 Å². The maximum absolute atomic E-state index is 13.6. The van der Waals surface area contributed by atoms with E-state index in [1.165, 1.54) is 6.07 Å². The number of carbonyl (C=O) groups excluding carboxylic acids is 1. The third kappa shape index (κ3) is 5.14. The molecule has 0 aliphatic heterocycles. The highest BCUT2D eigenvalue weighted by molar-refractivity contribution is 6.31. The van der Waals surface area contributed by atoms with Crippen molar-refractivity contribution in [2.75, 3.05) is 13.1 Å². The fraction of sp³-hybridized carbons (Fsp3) is 0.562. The molecule has 0 unspecified atom stereocenters. The maximum Gasteiger partial charge on any atom is 0.314 e. The monoisotopic (exact) mass is 328 g/mol. The minimum atomic E-state index is -0.356. The number of hydrogen-bond donors (Lipinski definition) is 3. The number of hydrogen-bond acceptors (Lipinski definition) is 2. The number of urea groups is 1. The molecule has 4 nitrogen and oxygen atoms in total. The van der Waals surface area contributed by atoms with E-state index in [-0.39, 0.29) is 18.0 Å². The van der Waals surface area contributed by atoms with Gasteiger partial charge < -0.3 is 15.7 Å². The van der Waals surface area contributed by atoms with Crippen LogP contribution in [0.1, 0.15) is 31.2 Å². The van der Waals surface area contributed by atoms with Crippen LogP contribution in [0.25, 0.3) is 0 Å². The zero-order valence-electron chi connectivity index (χ0n) is 12.4. The van der Waals surface area contributed by atoms with Crippen molar-refractivity contribution in [3.05, 3.63) is 34.6 Å². The largest absolute Gasteiger partial charge is 0.393 e. The number of aliphatic hydroxyl groups excluding tert-OH is 1.